The number of rotatable bonds is 29. The molecule has 16 atom stereocenters. The Morgan fingerprint density at radius 2 is 0.617 bits per heavy atom. The molecule has 8 aromatic carbocycles. The number of nitrogens with two attached hydrogens (primary N) is 1. The van der Waals surface area contributed by atoms with Crippen molar-refractivity contribution in [2.24, 2.45) is 0 Å². The number of aromatic amines is 3. The van der Waals surface area contributed by atoms with Crippen LogP contribution >= 0.6 is 0 Å². The third-order valence-electron chi connectivity index (χ3n) is 24.0. The van der Waals surface area contributed by atoms with Crippen molar-refractivity contribution in [3.05, 3.63) is 410 Å². The van der Waals surface area contributed by atoms with Gasteiger partial charge in [-0.2, -0.15) is 15.1 Å². The topological polar surface area (TPSA) is 521 Å². The van der Waals surface area contributed by atoms with Gasteiger partial charge in [0.15, 0.2) is 67.2 Å². The third-order valence-corrected chi connectivity index (χ3v) is 24.0. The molecule has 17 rings (SSSR count). The zero-order chi connectivity index (χ0) is 106. The second-order valence-electron chi connectivity index (χ2n) is 33.7. The van der Waals surface area contributed by atoms with Crippen LogP contribution in [0.1, 0.15) is 219 Å². The lowest BCUT2D eigenvalue weighted by atomic mass is 10.1. The molecule has 4 saturated heterocycles. The van der Waals surface area contributed by atoms with Gasteiger partial charge in [-0.3, -0.25) is 38.1 Å². The maximum absolute atomic E-state index is 13.3. The lowest BCUT2D eigenvalue weighted by Gasteiger charge is -2.25. The molecule has 0 bridgehead atoms. The smallest absolute Gasteiger partial charge is 0.351 e. The van der Waals surface area contributed by atoms with Crippen LogP contribution in [0.15, 0.2) is 309 Å². The molecule has 9 heterocycles. The molecule has 4 fully saturated rings. The molecule has 0 amide bonds. The summed E-state index contributed by atoms with van der Waals surface area (Å²) in [6.07, 6.45) is -2.70. The number of carbonyl (C=O) groups is 9. The number of carbonyl (C=O) groups excluding carboxylic acids is 9. The quantitative estimate of drug-likeness (QED) is 0.0250. The minimum absolute atomic E-state index is 0. The first kappa shape index (κ1) is 111. The van der Waals surface area contributed by atoms with Gasteiger partial charge >= 0.3 is 76.5 Å². The summed E-state index contributed by atoms with van der Waals surface area (Å²) in [5.41, 5.74) is 7.50. The summed E-state index contributed by atoms with van der Waals surface area (Å²) < 4.78 is 80.8. The van der Waals surface area contributed by atoms with Crippen LogP contribution in [0.3, 0.4) is 0 Å². The first-order chi connectivity index (χ1) is 71.6. The third kappa shape index (κ3) is 28.0. The minimum atomic E-state index is -1.17. The number of anilines is 1. The molecule has 5 N–H and O–H groups in total. The molecule has 40 nitrogen and oxygen atoms in total. The Kier molecular flexibility index (Phi) is 39.5. The largest absolute Gasteiger partial charge is 0.452 e. The molecule has 40 heteroatoms. The molecule has 0 spiro atoms. The Hall–Kier alpha value is -17.1. The molecular weight excluding hydrogens is 1930 g/mol. The van der Waals surface area contributed by atoms with Crippen LogP contribution in [-0.2, 0) is 92.1 Å². The second kappa shape index (κ2) is 53.1. The lowest BCUT2D eigenvalue weighted by molar-refractivity contribution is -0.186. The van der Waals surface area contributed by atoms with Crippen molar-refractivity contribution in [1.82, 2.24) is 53.4 Å². The maximum atomic E-state index is 13.3. The van der Waals surface area contributed by atoms with Crippen LogP contribution < -0.4 is 39.6 Å². The number of aromatic nitrogens is 11. The van der Waals surface area contributed by atoms with Gasteiger partial charge in [0.1, 0.15) is 42.9 Å². The first-order valence-electron chi connectivity index (χ1n) is 47.9. The number of nitrogens with one attached hydrogen (secondary N) is 3. The fourth-order valence-electron chi connectivity index (χ4n) is 16.4. The second-order valence-corrected chi connectivity index (χ2v) is 33.7. The Morgan fingerprint density at radius 3 is 0.919 bits per heavy atom. The SMILES string of the molecule is C.CC[C@H]1O[C@@H](OC(C)=O)C(OC(=O)c2ccccc2)[C@H]1OC(=O)c1ccccc1.CCc1c[nH]c(=O)[nH]c1=O.CCc1cn([C@@H]2O[C@H](CC)[C@H](OC(=O)c3ccccc3)C2OC(=O)c2ccccc2)c(=O)[nH]c1=O.CCc1cn([C@@H]2O[C@H](CC)[C@H](OC(=O)c3ccccc3)C2OC(=O)c2ccccc2)c(=O)nc1-n1cncn1.CCc1cn([C@@H]2O[C@H](CC)[C@H](OC(=O)c3ccccc3)C2OC(=O)c2ccccc2)c(=O)nc1N. The van der Waals surface area contributed by atoms with Crippen LogP contribution in [0.4, 0.5) is 5.82 Å². The fourth-order valence-corrected chi connectivity index (χ4v) is 16.4. The van der Waals surface area contributed by atoms with E-state index in [9.17, 15) is 71.9 Å². The van der Waals surface area contributed by atoms with E-state index in [0.29, 0.717) is 124 Å². The summed E-state index contributed by atoms with van der Waals surface area (Å²) in [7, 11) is 0. The van der Waals surface area contributed by atoms with Crippen molar-refractivity contribution < 1.29 is 105 Å². The van der Waals surface area contributed by atoms with Crippen LogP contribution in [0, 0.1) is 0 Å². The number of hydrogen-bond acceptors (Lipinski definition) is 33. The lowest BCUT2D eigenvalue weighted by Crippen LogP contribution is -2.42. The standard InChI is InChI=1S/C28H27N5O6.C26H27N3O6.C26H26N2O7.C22H22O7.C6H8N2O2.CH4/c1-3-18-15-32(28(36)31-24(18)33-17-29-16-30-33)25-23(39-27(35)20-13-9-6-10-14-20)22(21(4-2)37-25)38-26(34)19-11-7-5-8-12-19;1-3-16-15-29(26(32)28-22(16)27)23-21(35-25(31)18-13-9-6-10-14-18)20(19(4-2)33-23)34-24(30)17-11-7-5-8-12-17;1-3-16-15-28(26(32)27-22(16)29)23-21(35-25(31)18-13-9-6-10-14-18)20(19(4-2)33-23)34-24(30)17-11-7-5-8-12-17;1-3-17-18(28-20(24)15-10-6-4-7-11-15)19(22(27-17)26-14(2)23)29-21(25)16-12-8-5-9-13-16;1-2-4-3-7-6(10)8-5(4)9;/h5-17,21-23,25H,3-4H2,1-2H3;5-15,19-21,23H,3-4H2,1-2H3,(H2,27,28,32);5-15,19-21,23H,3-4H2,1-2H3,(H,27,29,32);4-13,17-19,22H,3H2,1-2H3;3H,2H2,1H3,(H2,7,8,9,10);1H4/t21-,22+,23?,25-;2*19-,20+,21?,23-;17-,18+,19?,22-;;/m1111../s1. The van der Waals surface area contributed by atoms with Crippen LogP contribution in [-0.4, -0.2) is 187 Å². The summed E-state index contributed by atoms with van der Waals surface area (Å²) in [5.74, 6) is -5.05. The monoisotopic (exact) mass is 2040 g/mol. The summed E-state index contributed by atoms with van der Waals surface area (Å²) in [6.45, 7) is 16.0. The number of benzene rings is 8. The first-order valence-corrected chi connectivity index (χ1v) is 47.9. The van der Waals surface area contributed by atoms with E-state index in [4.69, 9.17) is 67.3 Å². The predicted octanol–water partition coefficient (Wildman–Crippen LogP) is 12.5. The van der Waals surface area contributed by atoms with Crippen LogP contribution in [0.2, 0.25) is 0 Å². The van der Waals surface area contributed by atoms with E-state index in [0.717, 1.165) is 0 Å². The normalized spacial score (nSPS) is 20.6. The van der Waals surface area contributed by atoms with Gasteiger partial charge < -0.3 is 72.3 Å². The van der Waals surface area contributed by atoms with Gasteiger partial charge in [-0.15, -0.1) is 0 Å². The molecule has 4 unspecified atom stereocenters. The average Bonchev–Trinajstić information content (AvgIpc) is 1.61. The molecule has 4 aliphatic rings. The van der Waals surface area contributed by atoms with Crippen molar-refractivity contribution in [3.63, 3.8) is 0 Å². The van der Waals surface area contributed by atoms with Crippen molar-refractivity contribution in [2.75, 3.05) is 5.73 Å². The number of nitrogen functional groups attached to an aromatic ring is 1. The van der Waals surface area contributed by atoms with E-state index in [2.05, 4.69) is 35.0 Å². The molecule has 149 heavy (non-hydrogen) atoms. The Bertz CT molecular complexity index is 7090. The van der Waals surface area contributed by atoms with E-state index in [1.54, 1.807) is 262 Å². The van der Waals surface area contributed by atoms with E-state index in [1.807, 2.05) is 48.5 Å². The van der Waals surface area contributed by atoms with Crippen molar-refractivity contribution in [3.8, 4) is 5.82 Å². The molecule has 0 radical (unpaired) electrons. The Balaban J connectivity index is 0.000000171. The number of hydrogen-bond donors (Lipinski definition) is 4. The van der Waals surface area contributed by atoms with Gasteiger partial charge in [0.2, 0.25) is 12.4 Å². The molecule has 0 saturated carbocycles. The fraction of sp³-hybridized carbons (Fsp3) is 0.312. The van der Waals surface area contributed by atoms with Crippen molar-refractivity contribution >= 4 is 59.5 Å². The molecule has 5 aromatic heterocycles. The van der Waals surface area contributed by atoms with E-state index in [-0.39, 0.29) is 18.8 Å². The summed E-state index contributed by atoms with van der Waals surface area (Å²) in [6, 6.07) is 67.5. The molecule has 4 aliphatic heterocycles. The summed E-state index contributed by atoms with van der Waals surface area (Å²) in [4.78, 5) is 206. The Labute approximate surface area is 853 Å². The summed E-state index contributed by atoms with van der Waals surface area (Å²) >= 11 is 0. The Morgan fingerprint density at radius 1 is 0.336 bits per heavy atom. The van der Waals surface area contributed by atoms with Gasteiger partial charge in [0.25, 0.3) is 11.1 Å². The highest BCUT2D eigenvalue weighted by Crippen LogP contribution is 2.41. The predicted molar refractivity (Wildman–Crippen MR) is 538 cm³/mol. The zero-order valence-corrected chi connectivity index (χ0v) is 82.0. The highest BCUT2D eigenvalue weighted by Gasteiger charge is 2.55. The number of nitrogens with zero attached hydrogens (tertiary/aromatic N) is 8. The van der Waals surface area contributed by atoms with E-state index < -0.39 is 180 Å². The van der Waals surface area contributed by atoms with E-state index >= 15 is 0 Å². The molecule has 0 aliphatic carbocycles. The minimum Gasteiger partial charge on any atom is -0.452 e. The van der Waals surface area contributed by atoms with Crippen molar-refractivity contribution in [2.45, 2.75) is 219 Å². The van der Waals surface area contributed by atoms with Gasteiger partial charge in [-0.1, -0.05) is 208 Å². The highest BCUT2D eigenvalue weighted by atomic mass is 16.8. The number of aryl methyl sites for hydroxylation is 4. The molecule has 13 aromatic rings. The van der Waals surface area contributed by atoms with Gasteiger partial charge in [0, 0.05) is 54.0 Å². The van der Waals surface area contributed by atoms with Gasteiger partial charge in [0.05, 0.1) is 44.5 Å². The zero-order valence-electron chi connectivity index (χ0n) is 82.0. The number of esters is 9. The van der Waals surface area contributed by atoms with Crippen LogP contribution in [0.5, 0.6) is 0 Å². The van der Waals surface area contributed by atoms with Gasteiger partial charge in [-0.25, -0.2) is 67.2 Å². The number of H-pyrrole nitrogens is 3. The van der Waals surface area contributed by atoms with E-state index in [1.165, 1.54) is 50.4 Å². The highest BCUT2D eigenvalue weighted by molar-refractivity contribution is 5.94. The van der Waals surface area contributed by atoms with Crippen LogP contribution in [0.25, 0.3) is 5.82 Å². The molecular formula is C109H114N12O28. The van der Waals surface area contributed by atoms with Gasteiger partial charge in [-0.05, 0) is 148 Å². The maximum Gasteiger partial charge on any atom is 0.351 e. The molecule has 778 valence electrons. The summed E-state index contributed by atoms with van der Waals surface area (Å²) in [5, 5.41) is 4.09. The average molecular weight is 2040 g/mol. The number of ether oxygens (including phenoxy) is 13. The van der Waals surface area contributed by atoms with Crippen molar-refractivity contribution in [1.29, 1.82) is 0 Å².